The van der Waals surface area contributed by atoms with Crippen LogP contribution in [0, 0.1) is 0 Å². The van der Waals surface area contributed by atoms with Crippen molar-refractivity contribution in [1.82, 2.24) is 14.3 Å². The van der Waals surface area contributed by atoms with Crippen molar-refractivity contribution in [2.24, 2.45) is 0 Å². The molecule has 0 saturated carbocycles. The van der Waals surface area contributed by atoms with Crippen LogP contribution in [0.1, 0.15) is 16.1 Å². The zero-order valence-corrected chi connectivity index (χ0v) is 13.6. The van der Waals surface area contributed by atoms with E-state index in [2.05, 4.69) is 4.98 Å². The molecule has 0 radical (unpaired) electrons. The lowest BCUT2D eigenvalue weighted by molar-refractivity contribution is 0.0827. The number of aromatic nitrogens is 2. The fraction of sp³-hybridized carbons (Fsp3) is 0.176. The molecule has 2 aromatic heterocycles. The Morgan fingerprint density at radius 1 is 1.22 bits per heavy atom. The fourth-order valence-electron chi connectivity index (χ4n) is 2.47. The third-order valence-corrected chi connectivity index (χ3v) is 3.89. The number of hydrogen-bond donors (Lipinski definition) is 1. The van der Waals surface area contributed by atoms with Crippen LogP contribution >= 0.6 is 11.6 Å². The molecule has 1 N–H and O–H groups in total. The molecule has 1 aromatic carbocycles. The molecule has 0 aliphatic heterocycles. The first kappa shape index (κ1) is 15.5. The topological polar surface area (TPSA) is 57.8 Å². The molecule has 0 aliphatic carbocycles. The molecule has 0 spiro atoms. The minimum absolute atomic E-state index is 0.0995. The molecule has 1 amide bonds. The summed E-state index contributed by atoms with van der Waals surface area (Å²) >= 11 is 5.92. The van der Waals surface area contributed by atoms with Gasteiger partial charge in [0.25, 0.3) is 5.91 Å². The summed E-state index contributed by atoms with van der Waals surface area (Å²) < 4.78 is 1.75. The first-order chi connectivity index (χ1) is 11.0. The van der Waals surface area contributed by atoms with Crippen molar-refractivity contribution >= 4 is 23.2 Å². The normalized spacial score (nSPS) is 11.0. The predicted molar refractivity (Wildman–Crippen MR) is 89.6 cm³/mol. The number of carbonyl (C=O) groups is 1. The van der Waals surface area contributed by atoms with Gasteiger partial charge in [-0.15, -0.1) is 0 Å². The fourth-order valence-corrected chi connectivity index (χ4v) is 2.59. The van der Waals surface area contributed by atoms with Gasteiger partial charge in [0, 0.05) is 30.9 Å². The van der Waals surface area contributed by atoms with Gasteiger partial charge in [-0.05, 0) is 24.3 Å². The average molecular weight is 330 g/mol. The van der Waals surface area contributed by atoms with Gasteiger partial charge in [0.05, 0.1) is 23.6 Å². The summed E-state index contributed by atoms with van der Waals surface area (Å²) in [7, 11) is 3.40. The minimum atomic E-state index is -0.182. The number of carbonyl (C=O) groups excluding carboxylic acids is 1. The molecule has 3 aromatic rings. The Morgan fingerprint density at radius 3 is 2.52 bits per heavy atom. The first-order valence-corrected chi connectivity index (χ1v) is 7.48. The largest absolute Gasteiger partial charge is 0.390 e. The Labute approximate surface area is 138 Å². The number of benzene rings is 1. The third kappa shape index (κ3) is 2.81. The van der Waals surface area contributed by atoms with Gasteiger partial charge in [0.15, 0.2) is 0 Å². The minimum Gasteiger partial charge on any atom is -0.390 e. The van der Waals surface area contributed by atoms with Crippen molar-refractivity contribution in [1.29, 1.82) is 0 Å². The van der Waals surface area contributed by atoms with Gasteiger partial charge in [-0.2, -0.15) is 0 Å². The summed E-state index contributed by atoms with van der Waals surface area (Å²) in [5.74, 6) is -0.0995. The molecule has 0 aliphatic rings. The molecule has 6 heteroatoms. The van der Waals surface area contributed by atoms with E-state index in [4.69, 9.17) is 11.6 Å². The van der Waals surface area contributed by atoms with Crippen molar-refractivity contribution in [3.8, 4) is 11.3 Å². The summed E-state index contributed by atoms with van der Waals surface area (Å²) in [4.78, 5) is 18.2. The van der Waals surface area contributed by atoms with Crippen molar-refractivity contribution in [3.05, 3.63) is 58.9 Å². The maximum absolute atomic E-state index is 12.1. The van der Waals surface area contributed by atoms with Gasteiger partial charge in [0.1, 0.15) is 5.65 Å². The SMILES string of the molecule is CN(C)C(=O)c1ccc2nc(-c3ccc(Cl)cc3)c(CO)n2c1. The standard InChI is InChI=1S/C17H16ClN3O2/c1-20(2)17(23)12-5-8-15-19-16(14(10-22)21(15)9-12)11-3-6-13(18)7-4-11/h3-9,22H,10H2,1-2H3. The Bertz CT molecular complexity index is 869. The molecule has 0 unspecified atom stereocenters. The molecule has 3 rings (SSSR count). The Hall–Kier alpha value is -2.37. The summed E-state index contributed by atoms with van der Waals surface area (Å²) in [6.45, 7) is -0.182. The lowest BCUT2D eigenvalue weighted by atomic mass is 10.1. The summed E-state index contributed by atoms with van der Waals surface area (Å²) in [6, 6.07) is 10.8. The van der Waals surface area contributed by atoms with Crippen molar-refractivity contribution in [3.63, 3.8) is 0 Å². The second kappa shape index (κ2) is 6.02. The molecule has 0 fully saturated rings. The zero-order valence-electron chi connectivity index (χ0n) is 12.8. The molecular formula is C17H16ClN3O2. The Balaban J connectivity index is 2.17. The number of amides is 1. The number of imidazole rings is 1. The quantitative estimate of drug-likeness (QED) is 0.804. The lowest BCUT2D eigenvalue weighted by Crippen LogP contribution is -2.22. The van der Waals surface area contributed by atoms with E-state index >= 15 is 0 Å². The molecule has 2 heterocycles. The van der Waals surface area contributed by atoms with E-state index in [1.54, 1.807) is 49.0 Å². The van der Waals surface area contributed by atoms with Crippen LogP contribution in [0.2, 0.25) is 5.02 Å². The maximum atomic E-state index is 12.1. The zero-order chi connectivity index (χ0) is 16.6. The molecule has 0 saturated heterocycles. The van der Waals surface area contributed by atoms with E-state index in [0.717, 1.165) is 5.56 Å². The van der Waals surface area contributed by atoms with Gasteiger partial charge in [0.2, 0.25) is 0 Å². The molecule has 118 valence electrons. The van der Waals surface area contributed by atoms with Crippen LogP contribution in [0.3, 0.4) is 0 Å². The van der Waals surface area contributed by atoms with Crippen LogP contribution in [-0.4, -0.2) is 39.4 Å². The van der Waals surface area contributed by atoms with Gasteiger partial charge >= 0.3 is 0 Å². The number of pyridine rings is 1. The van der Waals surface area contributed by atoms with Gasteiger partial charge in [-0.1, -0.05) is 23.7 Å². The van der Waals surface area contributed by atoms with E-state index in [-0.39, 0.29) is 12.5 Å². The van der Waals surface area contributed by atoms with Crippen LogP contribution in [-0.2, 0) is 6.61 Å². The maximum Gasteiger partial charge on any atom is 0.254 e. The Kier molecular flexibility index (Phi) is 4.07. The highest BCUT2D eigenvalue weighted by Crippen LogP contribution is 2.26. The number of aliphatic hydroxyl groups excluding tert-OH is 1. The van der Waals surface area contributed by atoms with E-state index in [1.165, 1.54) is 4.90 Å². The molecule has 5 nitrogen and oxygen atoms in total. The Morgan fingerprint density at radius 2 is 1.91 bits per heavy atom. The number of hydrogen-bond acceptors (Lipinski definition) is 3. The predicted octanol–water partition coefficient (Wildman–Crippen LogP) is 2.85. The number of fused-ring (bicyclic) bond motifs is 1. The van der Waals surface area contributed by atoms with Gasteiger partial charge < -0.3 is 14.4 Å². The number of nitrogens with zero attached hydrogens (tertiary/aromatic N) is 3. The van der Waals surface area contributed by atoms with E-state index in [1.807, 2.05) is 12.1 Å². The average Bonchev–Trinajstić information content (AvgIpc) is 2.92. The van der Waals surface area contributed by atoms with Crippen LogP contribution in [0.4, 0.5) is 0 Å². The summed E-state index contributed by atoms with van der Waals surface area (Å²) in [5.41, 5.74) is 3.39. The summed E-state index contributed by atoms with van der Waals surface area (Å²) in [6.07, 6.45) is 1.70. The van der Waals surface area contributed by atoms with Crippen molar-refractivity contribution in [2.45, 2.75) is 6.61 Å². The van der Waals surface area contributed by atoms with Crippen molar-refractivity contribution in [2.75, 3.05) is 14.1 Å². The van der Waals surface area contributed by atoms with Crippen LogP contribution in [0.25, 0.3) is 16.9 Å². The second-order valence-electron chi connectivity index (χ2n) is 5.42. The van der Waals surface area contributed by atoms with Crippen molar-refractivity contribution < 1.29 is 9.90 Å². The van der Waals surface area contributed by atoms with Crippen LogP contribution in [0.5, 0.6) is 0 Å². The molecule has 23 heavy (non-hydrogen) atoms. The van der Waals surface area contributed by atoms with Crippen LogP contribution < -0.4 is 0 Å². The molecule has 0 atom stereocenters. The van der Waals surface area contributed by atoms with Gasteiger partial charge in [-0.3, -0.25) is 4.79 Å². The lowest BCUT2D eigenvalue weighted by Gasteiger charge is -2.10. The van der Waals surface area contributed by atoms with E-state index in [9.17, 15) is 9.90 Å². The monoisotopic (exact) mass is 329 g/mol. The highest BCUT2D eigenvalue weighted by molar-refractivity contribution is 6.30. The smallest absolute Gasteiger partial charge is 0.254 e. The van der Waals surface area contributed by atoms with E-state index in [0.29, 0.717) is 27.6 Å². The molecular weight excluding hydrogens is 314 g/mol. The third-order valence-electron chi connectivity index (χ3n) is 3.64. The number of halogens is 1. The van der Waals surface area contributed by atoms with Gasteiger partial charge in [-0.25, -0.2) is 4.98 Å². The highest BCUT2D eigenvalue weighted by Gasteiger charge is 2.16. The van der Waals surface area contributed by atoms with Crippen LogP contribution in [0.15, 0.2) is 42.6 Å². The highest BCUT2D eigenvalue weighted by atomic mass is 35.5. The number of rotatable bonds is 3. The number of aliphatic hydroxyl groups is 1. The first-order valence-electron chi connectivity index (χ1n) is 7.10. The second-order valence-corrected chi connectivity index (χ2v) is 5.85. The molecule has 0 bridgehead atoms. The van der Waals surface area contributed by atoms with E-state index < -0.39 is 0 Å². The summed E-state index contributed by atoms with van der Waals surface area (Å²) in [5, 5.41) is 10.4.